The molecule has 0 amide bonds. The molecule has 0 unspecified atom stereocenters. The highest BCUT2D eigenvalue weighted by Gasteiger charge is 2.22. The first-order valence-electron chi connectivity index (χ1n) is 6.17. The van der Waals surface area contributed by atoms with Crippen molar-refractivity contribution < 1.29 is 9.47 Å². The molecule has 0 spiro atoms. The summed E-state index contributed by atoms with van der Waals surface area (Å²) < 4.78 is 11.0. The molecule has 0 aromatic heterocycles. The number of hydrogen-bond acceptors (Lipinski definition) is 2. The monoisotopic (exact) mass is 240 g/mol. The molecule has 0 heterocycles. The third-order valence-electron chi connectivity index (χ3n) is 3.58. The molecule has 92 valence electrons. The molecule has 18 heavy (non-hydrogen) atoms. The molecule has 0 N–H and O–H groups in total. The third-order valence-corrected chi connectivity index (χ3v) is 3.58. The molecule has 0 bridgehead atoms. The van der Waals surface area contributed by atoms with Gasteiger partial charge in [-0.1, -0.05) is 30.3 Å². The van der Waals surface area contributed by atoms with Gasteiger partial charge in [0.1, 0.15) is 0 Å². The first-order chi connectivity index (χ1) is 8.85. The number of aryl methyl sites for hydroxylation is 2. The van der Waals surface area contributed by atoms with Gasteiger partial charge in [-0.3, -0.25) is 0 Å². The van der Waals surface area contributed by atoms with Crippen molar-refractivity contribution in [3.63, 3.8) is 0 Å². The van der Waals surface area contributed by atoms with Crippen LogP contribution < -0.4 is 9.47 Å². The highest BCUT2D eigenvalue weighted by Crippen LogP contribution is 2.44. The lowest BCUT2D eigenvalue weighted by atomic mass is 9.85. The van der Waals surface area contributed by atoms with Crippen molar-refractivity contribution in [1.82, 2.24) is 0 Å². The van der Waals surface area contributed by atoms with Crippen LogP contribution in [-0.4, -0.2) is 14.2 Å². The number of methoxy groups -OCH3 is 2. The summed E-state index contributed by atoms with van der Waals surface area (Å²) >= 11 is 0. The van der Waals surface area contributed by atoms with Crippen molar-refractivity contribution in [2.45, 2.75) is 12.8 Å². The van der Waals surface area contributed by atoms with Crippen LogP contribution in [-0.2, 0) is 12.8 Å². The van der Waals surface area contributed by atoms with E-state index >= 15 is 0 Å². The summed E-state index contributed by atoms with van der Waals surface area (Å²) in [6.45, 7) is 0. The number of rotatable bonds is 2. The Morgan fingerprint density at radius 1 is 0.833 bits per heavy atom. The van der Waals surface area contributed by atoms with Crippen molar-refractivity contribution in [3.05, 3.63) is 47.5 Å². The van der Waals surface area contributed by atoms with Gasteiger partial charge in [-0.25, -0.2) is 0 Å². The summed E-state index contributed by atoms with van der Waals surface area (Å²) in [4.78, 5) is 0. The van der Waals surface area contributed by atoms with E-state index in [1.165, 1.54) is 22.3 Å². The van der Waals surface area contributed by atoms with Crippen molar-refractivity contribution in [2.75, 3.05) is 14.2 Å². The Morgan fingerprint density at radius 2 is 1.61 bits per heavy atom. The highest BCUT2D eigenvalue weighted by atomic mass is 16.5. The smallest absolute Gasteiger partial charge is 0.168 e. The van der Waals surface area contributed by atoms with Gasteiger partial charge in [-0.2, -0.15) is 0 Å². The first kappa shape index (κ1) is 11.1. The molecule has 1 aliphatic rings. The summed E-state index contributed by atoms with van der Waals surface area (Å²) in [6.07, 6.45) is 2.16. The lowest BCUT2D eigenvalue weighted by molar-refractivity contribution is 0.355. The van der Waals surface area contributed by atoms with Crippen LogP contribution >= 0.6 is 0 Å². The largest absolute Gasteiger partial charge is 0.493 e. The van der Waals surface area contributed by atoms with E-state index in [9.17, 15) is 0 Å². The maximum atomic E-state index is 5.57. The van der Waals surface area contributed by atoms with Crippen molar-refractivity contribution in [3.8, 4) is 22.6 Å². The normalized spacial score (nSPS) is 12.6. The van der Waals surface area contributed by atoms with Crippen LogP contribution in [0.4, 0.5) is 0 Å². The Morgan fingerprint density at radius 3 is 2.39 bits per heavy atom. The van der Waals surface area contributed by atoms with Crippen LogP contribution in [0, 0.1) is 0 Å². The van der Waals surface area contributed by atoms with E-state index in [1.54, 1.807) is 14.2 Å². The zero-order chi connectivity index (χ0) is 12.5. The molecule has 0 saturated heterocycles. The minimum absolute atomic E-state index is 0.799. The average molecular weight is 240 g/mol. The van der Waals surface area contributed by atoms with Crippen LogP contribution in [0.5, 0.6) is 11.5 Å². The number of fused-ring (bicyclic) bond motifs is 3. The average Bonchev–Trinajstić information content (AvgIpc) is 2.45. The minimum Gasteiger partial charge on any atom is -0.493 e. The fourth-order valence-electron chi connectivity index (χ4n) is 2.72. The van der Waals surface area contributed by atoms with E-state index in [1.807, 2.05) is 6.07 Å². The number of ether oxygens (including phenoxy) is 2. The molecule has 2 aromatic rings. The molecule has 2 aromatic carbocycles. The highest BCUT2D eigenvalue weighted by molar-refractivity contribution is 5.81. The molecule has 0 saturated carbocycles. The quantitative estimate of drug-likeness (QED) is 0.800. The molecular formula is C16H16O2. The van der Waals surface area contributed by atoms with Crippen LogP contribution in [0.25, 0.3) is 11.1 Å². The summed E-state index contributed by atoms with van der Waals surface area (Å²) in [5.41, 5.74) is 5.19. The van der Waals surface area contributed by atoms with E-state index in [0.29, 0.717) is 0 Å². The van der Waals surface area contributed by atoms with E-state index in [-0.39, 0.29) is 0 Å². The van der Waals surface area contributed by atoms with Crippen molar-refractivity contribution in [2.24, 2.45) is 0 Å². The van der Waals surface area contributed by atoms with Gasteiger partial charge < -0.3 is 9.47 Å². The lowest BCUT2D eigenvalue weighted by Crippen LogP contribution is -2.06. The fraction of sp³-hybridized carbons (Fsp3) is 0.250. The van der Waals surface area contributed by atoms with Crippen LogP contribution in [0.2, 0.25) is 0 Å². The number of benzene rings is 2. The molecule has 2 nitrogen and oxygen atoms in total. The second kappa shape index (κ2) is 4.37. The first-order valence-corrected chi connectivity index (χ1v) is 6.17. The molecule has 0 radical (unpaired) electrons. The SMILES string of the molecule is COc1ccc2c(c1OC)-c1ccccc1CC2. The Hall–Kier alpha value is -1.96. The summed E-state index contributed by atoms with van der Waals surface area (Å²) in [7, 11) is 3.38. The van der Waals surface area contributed by atoms with Crippen molar-refractivity contribution >= 4 is 0 Å². The second-order valence-corrected chi connectivity index (χ2v) is 4.49. The molecular weight excluding hydrogens is 224 g/mol. The van der Waals surface area contributed by atoms with Gasteiger partial charge in [-0.05, 0) is 35.6 Å². The van der Waals surface area contributed by atoms with Gasteiger partial charge in [-0.15, -0.1) is 0 Å². The van der Waals surface area contributed by atoms with Crippen molar-refractivity contribution in [1.29, 1.82) is 0 Å². The zero-order valence-electron chi connectivity index (χ0n) is 10.7. The lowest BCUT2D eigenvalue weighted by Gasteiger charge is -2.23. The van der Waals surface area contributed by atoms with Gasteiger partial charge in [0.25, 0.3) is 0 Å². The predicted molar refractivity (Wildman–Crippen MR) is 72.4 cm³/mol. The van der Waals surface area contributed by atoms with Gasteiger partial charge in [0, 0.05) is 5.56 Å². The molecule has 0 aliphatic heterocycles. The number of hydrogen-bond donors (Lipinski definition) is 0. The zero-order valence-corrected chi connectivity index (χ0v) is 10.7. The predicted octanol–water partition coefficient (Wildman–Crippen LogP) is 3.47. The van der Waals surface area contributed by atoms with Gasteiger partial charge >= 0.3 is 0 Å². The van der Waals surface area contributed by atoms with Gasteiger partial charge in [0.15, 0.2) is 11.5 Å². The molecule has 0 fully saturated rings. The third kappa shape index (κ3) is 1.57. The summed E-state index contributed by atoms with van der Waals surface area (Å²) in [6, 6.07) is 12.7. The summed E-state index contributed by atoms with van der Waals surface area (Å²) in [5, 5.41) is 0. The Balaban J connectivity index is 2.30. The topological polar surface area (TPSA) is 18.5 Å². The van der Waals surface area contributed by atoms with Crippen LogP contribution in [0.1, 0.15) is 11.1 Å². The minimum atomic E-state index is 0.799. The van der Waals surface area contributed by atoms with Gasteiger partial charge in [0.2, 0.25) is 0 Å². The standard InChI is InChI=1S/C16H16O2/c1-17-14-10-9-12-8-7-11-5-3-4-6-13(11)15(12)16(14)18-2/h3-6,9-10H,7-8H2,1-2H3. The molecule has 3 rings (SSSR count). The van der Waals surface area contributed by atoms with Gasteiger partial charge in [0.05, 0.1) is 14.2 Å². The Labute approximate surface area is 107 Å². The fourth-order valence-corrected chi connectivity index (χ4v) is 2.72. The molecule has 2 heteroatoms. The molecule has 0 atom stereocenters. The maximum Gasteiger partial charge on any atom is 0.168 e. The Bertz CT molecular complexity index is 588. The molecule has 1 aliphatic carbocycles. The van der Waals surface area contributed by atoms with E-state index in [2.05, 4.69) is 30.3 Å². The van der Waals surface area contributed by atoms with E-state index in [4.69, 9.17) is 9.47 Å². The maximum absolute atomic E-state index is 5.57. The summed E-state index contributed by atoms with van der Waals surface area (Å²) in [5.74, 6) is 1.65. The Kier molecular flexibility index (Phi) is 2.71. The van der Waals surface area contributed by atoms with E-state index in [0.717, 1.165) is 24.3 Å². The second-order valence-electron chi connectivity index (χ2n) is 4.49. The van der Waals surface area contributed by atoms with Crippen LogP contribution in [0.15, 0.2) is 36.4 Å². The van der Waals surface area contributed by atoms with Crippen LogP contribution in [0.3, 0.4) is 0 Å². The van der Waals surface area contributed by atoms with E-state index < -0.39 is 0 Å².